The molecule has 2 rings (SSSR count). The third kappa shape index (κ3) is 3.16. The normalized spacial score (nSPS) is 12.5. The molecule has 2 aromatic carbocycles. The minimum atomic E-state index is -0.194. The molecule has 0 amide bonds. The van der Waals surface area contributed by atoms with Crippen molar-refractivity contribution in [1.29, 1.82) is 0 Å². The molecule has 0 heterocycles. The van der Waals surface area contributed by atoms with Crippen molar-refractivity contribution < 1.29 is 4.39 Å². The van der Waals surface area contributed by atoms with Crippen LogP contribution in [0.25, 0.3) is 0 Å². The molecule has 0 aliphatic rings. The SMILES string of the molecule is CNC(c1ccc(F)c(C)c1)c1ccc(Br)cc1Cl. The molecule has 100 valence electrons. The van der Waals surface area contributed by atoms with Crippen LogP contribution in [0.2, 0.25) is 5.02 Å². The zero-order chi connectivity index (χ0) is 14.0. The van der Waals surface area contributed by atoms with Gasteiger partial charge in [0.1, 0.15) is 5.82 Å². The van der Waals surface area contributed by atoms with Gasteiger partial charge in [-0.25, -0.2) is 4.39 Å². The molecular weight excluding hydrogens is 329 g/mol. The zero-order valence-corrected chi connectivity index (χ0v) is 13.0. The first-order chi connectivity index (χ1) is 9.02. The van der Waals surface area contributed by atoms with E-state index in [0.717, 1.165) is 15.6 Å². The first kappa shape index (κ1) is 14.5. The van der Waals surface area contributed by atoms with E-state index in [2.05, 4.69) is 21.2 Å². The van der Waals surface area contributed by atoms with E-state index in [1.165, 1.54) is 6.07 Å². The van der Waals surface area contributed by atoms with Gasteiger partial charge >= 0.3 is 0 Å². The van der Waals surface area contributed by atoms with E-state index in [0.29, 0.717) is 10.6 Å². The van der Waals surface area contributed by atoms with Crippen LogP contribution in [0.5, 0.6) is 0 Å². The van der Waals surface area contributed by atoms with E-state index in [9.17, 15) is 4.39 Å². The second-order valence-electron chi connectivity index (χ2n) is 4.40. The first-order valence-electron chi connectivity index (χ1n) is 5.91. The second kappa shape index (κ2) is 6.04. The molecule has 0 spiro atoms. The minimum Gasteiger partial charge on any atom is -0.309 e. The predicted molar refractivity (Wildman–Crippen MR) is 81.2 cm³/mol. The highest BCUT2D eigenvalue weighted by Crippen LogP contribution is 2.31. The molecule has 0 fully saturated rings. The van der Waals surface area contributed by atoms with Crippen molar-refractivity contribution in [3.05, 3.63) is 68.4 Å². The number of hydrogen-bond donors (Lipinski definition) is 1. The number of hydrogen-bond acceptors (Lipinski definition) is 1. The number of rotatable bonds is 3. The molecule has 1 nitrogen and oxygen atoms in total. The van der Waals surface area contributed by atoms with Crippen LogP contribution in [0.15, 0.2) is 40.9 Å². The molecule has 0 aliphatic carbocycles. The Morgan fingerprint density at radius 2 is 1.95 bits per heavy atom. The largest absolute Gasteiger partial charge is 0.309 e. The summed E-state index contributed by atoms with van der Waals surface area (Å²) in [6, 6.07) is 10.8. The van der Waals surface area contributed by atoms with Gasteiger partial charge in [-0.3, -0.25) is 0 Å². The van der Waals surface area contributed by atoms with E-state index < -0.39 is 0 Å². The van der Waals surface area contributed by atoms with Gasteiger partial charge in [-0.15, -0.1) is 0 Å². The Labute approximate surface area is 125 Å². The summed E-state index contributed by atoms with van der Waals surface area (Å²) in [5.74, 6) is -0.194. The van der Waals surface area contributed by atoms with Gasteiger partial charge in [0, 0.05) is 9.50 Å². The van der Waals surface area contributed by atoms with Crippen molar-refractivity contribution in [2.24, 2.45) is 0 Å². The average Bonchev–Trinajstić information content (AvgIpc) is 2.37. The predicted octanol–water partition coefficient (Wildman–Crippen LogP) is 4.86. The Morgan fingerprint density at radius 1 is 1.21 bits per heavy atom. The second-order valence-corrected chi connectivity index (χ2v) is 5.72. The first-order valence-corrected chi connectivity index (χ1v) is 7.08. The number of halogens is 3. The molecule has 0 radical (unpaired) electrons. The van der Waals surface area contributed by atoms with Gasteiger partial charge in [0.25, 0.3) is 0 Å². The summed E-state index contributed by atoms with van der Waals surface area (Å²) in [4.78, 5) is 0. The van der Waals surface area contributed by atoms with E-state index in [-0.39, 0.29) is 11.9 Å². The quantitative estimate of drug-likeness (QED) is 0.840. The van der Waals surface area contributed by atoms with Crippen molar-refractivity contribution in [1.82, 2.24) is 5.32 Å². The zero-order valence-electron chi connectivity index (χ0n) is 10.7. The van der Waals surface area contributed by atoms with Crippen molar-refractivity contribution in [3.63, 3.8) is 0 Å². The van der Waals surface area contributed by atoms with E-state index >= 15 is 0 Å². The molecule has 4 heteroatoms. The molecule has 0 aromatic heterocycles. The summed E-state index contributed by atoms with van der Waals surface area (Å²) < 4.78 is 14.3. The van der Waals surface area contributed by atoms with Crippen LogP contribution < -0.4 is 5.32 Å². The summed E-state index contributed by atoms with van der Waals surface area (Å²) in [6.45, 7) is 1.76. The third-order valence-corrected chi connectivity index (χ3v) is 3.90. The molecule has 19 heavy (non-hydrogen) atoms. The van der Waals surface area contributed by atoms with Crippen LogP contribution in [0, 0.1) is 12.7 Å². The number of benzene rings is 2. The summed E-state index contributed by atoms with van der Waals surface area (Å²) >= 11 is 9.67. The van der Waals surface area contributed by atoms with Crippen LogP contribution in [-0.2, 0) is 0 Å². The monoisotopic (exact) mass is 341 g/mol. The maximum absolute atomic E-state index is 13.3. The molecular formula is C15H14BrClFN. The smallest absolute Gasteiger partial charge is 0.126 e. The van der Waals surface area contributed by atoms with Crippen LogP contribution in [0.4, 0.5) is 4.39 Å². The molecule has 0 aliphatic heterocycles. The lowest BCUT2D eigenvalue weighted by molar-refractivity contribution is 0.614. The molecule has 1 unspecified atom stereocenters. The Balaban J connectivity index is 2.46. The lowest BCUT2D eigenvalue weighted by atomic mass is 9.97. The lowest BCUT2D eigenvalue weighted by Gasteiger charge is -2.19. The molecule has 0 saturated heterocycles. The van der Waals surface area contributed by atoms with Gasteiger partial charge in [0.05, 0.1) is 6.04 Å². The Bertz CT molecular complexity index is 601. The molecule has 0 bridgehead atoms. The van der Waals surface area contributed by atoms with Crippen molar-refractivity contribution in [2.75, 3.05) is 7.05 Å². The molecule has 1 N–H and O–H groups in total. The lowest BCUT2D eigenvalue weighted by Crippen LogP contribution is -2.18. The average molecular weight is 343 g/mol. The fraction of sp³-hybridized carbons (Fsp3) is 0.200. The Hall–Kier alpha value is -0.900. The fourth-order valence-electron chi connectivity index (χ4n) is 2.08. The van der Waals surface area contributed by atoms with Gasteiger partial charge in [-0.1, -0.05) is 45.7 Å². The van der Waals surface area contributed by atoms with Gasteiger partial charge in [-0.2, -0.15) is 0 Å². The Morgan fingerprint density at radius 3 is 2.53 bits per heavy atom. The highest BCUT2D eigenvalue weighted by molar-refractivity contribution is 9.10. The standard InChI is InChI=1S/C15H14BrClFN/c1-9-7-10(3-6-14(9)18)15(19-2)12-5-4-11(16)8-13(12)17/h3-8,15,19H,1-2H3. The minimum absolute atomic E-state index is 0.0556. The third-order valence-electron chi connectivity index (χ3n) is 3.08. The van der Waals surface area contributed by atoms with Gasteiger partial charge in [0.15, 0.2) is 0 Å². The van der Waals surface area contributed by atoms with Crippen molar-refractivity contribution in [2.45, 2.75) is 13.0 Å². The van der Waals surface area contributed by atoms with E-state index in [4.69, 9.17) is 11.6 Å². The van der Waals surface area contributed by atoms with Gasteiger partial charge in [-0.05, 0) is 48.9 Å². The van der Waals surface area contributed by atoms with Crippen molar-refractivity contribution >= 4 is 27.5 Å². The molecule has 1 atom stereocenters. The maximum atomic E-state index is 13.3. The molecule has 0 saturated carbocycles. The summed E-state index contributed by atoms with van der Waals surface area (Å²) in [5, 5.41) is 3.90. The summed E-state index contributed by atoms with van der Waals surface area (Å²) in [5.41, 5.74) is 2.59. The number of aryl methyl sites for hydroxylation is 1. The van der Waals surface area contributed by atoms with Crippen LogP contribution in [0.1, 0.15) is 22.7 Å². The van der Waals surface area contributed by atoms with Gasteiger partial charge < -0.3 is 5.32 Å². The van der Waals surface area contributed by atoms with Crippen molar-refractivity contribution in [3.8, 4) is 0 Å². The Kier molecular flexibility index (Phi) is 4.61. The van der Waals surface area contributed by atoms with Crippen LogP contribution in [-0.4, -0.2) is 7.05 Å². The topological polar surface area (TPSA) is 12.0 Å². The maximum Gasteiger partial charge on any atom is 0.126 e. The summed E-state index contributed by atoms with van der Waals surface area (Å²) in [7, 11) is 1.86. The van der Waals surface area contributed by atoms with E-state index in [1.54, 1.807) is 13.0 Å². The summed E-state index contributed by atoms with van der Waals surface area (Å²) in [6.07, 6.45) is 0. The van der Waals surface area contributed by atoms with Gasteiger partial charge in [0.2, 0.25) is 0 Å². The highest BCUT2D eigenvalue weighted by atomic mass is 79.9. The van der Waals surface area contributed by atoms with Crippen LogP contribution in [0.3, 0.4) is 0 Å². The highest BCUT2D eigenvalue weighted by Gasteiger charge is 2.16. The van der Waals surface area contributed by atoms with E-state index in [1.807, 2.05) is 31.3 Å². The fourth-order valence-corrected chi connectivity index (χ4v) is 2.87. The van der Waals surface area contributed by atoms with Crippen LogP contribution >= 0.6 is 27.5 Å². The number of nitrogens with one attached hydrogen (secondary N) is 1. The molecule has 2 aromatic rings.